The van der Waals surface area contributed by atoms with Gasteiger partial charge in [0.05, 0.1) is 19.6 Å². The number of hydrogen-bond acceptors (Lipinski definition) is 3. The number of amides is 3. The summed E-state index contributed by atoms with van der Waals surface area (Å²) in [6.07, 6.45) is 3.84. The molecule has 1 fully saturated rings. The van der Waals surface area contributed by atoms with E-state index in [2.05, 4.69) is 19.2 Å². The monoisotopic (exact) mass is 349 g/mol. The lowest BCUT2D eigenvalue weighted by Gasteiger charge is -2.24. The van der Waals surface area contributed by atoms with Crippen molar-refractivity contribution in [3.05, 3.63) is 0 Å². The summed E-state index contributed by atoms with van der Waals surface area (Å²) in [6, 6.07) is -0.405. The van der Waals surface area contributed by atoms with E-state index in [9.17, 15) is 14.7 Å². The Kier molecular flexibility index (Phi) is 9.73. The second kappa shape index (κ2) is 10.1. The Hall–Kier alpha value is -0.850. The van der Waals surface area contributed by atoms with Gasteiger partial charge in [0, 0.05) is 0 Å². The van der Waals surface area contributed by atoms with E-state index in [0.29, 0.717) is 6.54 Å². The van der Waals surface area contributed by atoms with E-state index < -0.39 is 17.7 Å². The minimum atomic E-state index is -0.867. The summed E-state index contributed by atoms with van der Waals surface area (Å²) < 4.78 is 0. The fourth-order valence-corrected chi connectivity index (χ4v) is 2.77. The van der Waals surface area contributed by atoms with Crippen LogP contribution < -0.4 is 22.6 Å². The third kappa shape index (κ3) is 6.65. The van der Waals surface area contributed by atoms with Crippen LogP contribution in [0.15, 0.2) is 0 Å². The van der Waals surface area contributed by atoms with Gasteiger partial charge in [-0.2, -0.15) is 0 Å². The molecule has 1 heterocycles. The Bertz CT molecular complexity index is 383. The number of hydrogen-bond donors (Lipinski definition) is 3. The Morgan fingerprint density at radius 3 is 2.09 bits per heavy atom. The van der Waals surface area contributed by atoms with Crippen LogP contribution >= 0.6 is 0 Å². The summed E-state index contributed by atoms with van der Waals surface area (Å²) in [4.78, 5) is 26.5. The summed E-state index contributed by atoms with van der Waals surface area (Å²) in [6.45, 7) is 10.4. The van der Waals surface area contributed by atoms with Gasteiger partial charge in [-0.15, -0.1) is 0 Å². The van der Waals surface area contributed by atoms with Gasteiger partial charge >= 0.3 is 6.03 Å². The lowest BCUT2D eigenvalue weighted by Crippen LogP contribution is -3.13. The first-order chi connectivity index (χ1) is 10.3. The molecule has 1 aliphatic heterocycles. The fraction of sp³-hybridized carbons (Fsp3) is 0.875. The van der Waals surface area contributed by atoms with E-state index in [4.69, 9.17) is 0 Å². The van der Waals surface area contributed by atoms with Gasteiger partial charge in [-0.25, -0.2) is 4.79 Å². The molecule has 1 atom stereocenters. The highest BCUT2D eigenvalue weighted by atomic mass is 35.5. The van der Waals surface area contributed by atoms with Crippen LogP contribution in [0.25, 0.3) is 0 Å². The number of imide groups is 1. The third-order valence-electron chi connectivity index (χ3n) is 4.13. The molecular formula is C16H32ClN3O3. The lowest BCUT2D eigenvalue weighted by molar-refractivity contribution is -0.903. The minimum Gasteiger partial charge on any atom is -1.00 e. The first-order valence-electron chi connectivity index (χ1n) is 8.47. The van der Waals surface area contributed by atoms with Crippen molar-refractivity contribution in [1.29, 1.82) is 0 Å². The molecule has 23 heavy (non-hydrogen) atoms. The smallest absolute Gasteiger partial charge is 0.325 e. The SMILES string of the molecule is CCCC[NH+](CCCC)CC(O)CN1C(=O)NC(C)(C)C1=O.[Cl-]. The Morgan fingerprint density at radius 2 is 1.70 bits per heavy atom. The Labute approximate surface area is 146 Å². The molecule has 0 aliphatic carbocycles. The van der Waals surface area contributed by atoms with Gasteiger partial charge in [0.15, 0.2) is 0 Å². The van der Waals surface area contributed by atoms with Crippen molar-refractivity contribution in [2.45, 2.75) is 65.0 Å². The van der Waals surface area contributed by atoms with Crippen LogP contribution in [0.3, 0.4) is 0 Å². The van der Waals surface area contributed by atoms with Crippen molar-refractivity contribution in [3.63, 3.8) is 0 Å². The van der Waals surface area contributed by atoms with Crippen molar-refractivity contribution < 1.29 is 32.0 Å². The Balaban J connectivity index is 0.00000484. The molecule has 136 valence electrons. The number of aliphatic hydroxyl groups is 1. The summed E-state index contributed by atoms with van der Waals surface area (Å²) in [5.74, 6) is -0.264. The first-order valence-corrected chi connectivity index (χ1v) is 8.47. The zero-order valence-electron chi connectivity index (χ0n) is 14.8. The first kappa shape index (κ1) is 22.1. The normalized spacial score (nSPS) is 18.1. The fourth-order valence-electron chi connectivity index (χ4n) is 2.77. The number of quaternary nitrogens is 1. The van der Waals surface area contributed by atoms with Crippen LogP contribution in [0.1, 0.15) is 53.4 Å². The predicted molar refractivity (Wildman–Crippen MR) is 85.7 cm³/mol. The molecule has 3 amide bonds. The zero-order valence-corrected chi connectivity index (χ0v) is 15.6. The maximum atomic E-state index is 12.1. The number of unbranched alkanes of at least 4 members (excludes halogenated alkanes) is 2. The molecule has 0 spiro atoms. The highest BCUT2D eigenvalue weighted by Crippen LogP contribution is 2.16. The molecule has 7 heteroatoms. The average Bonchev–Trinajstić information content (AvgIpc) is 2.64. The van der Waals surface area contributed by atoms with Crippen LogP contribution in [0.5, 0.6) is 0 Å². The summed E-state index contributed by atoms with van der Waals surface area (Å²) in [5, 5.41) is 12.9. The highest BCUT2D eigenvalue weighted by molar-refractivity contribution is 6.06. The van der Waals surface area contributed by atoms with Gasteiger partial charge in [-0.05, 0) is 26.7 Å². The molecule has 0 bridgehead atoms. The summed E-state index contributed by atoms with van der Waals surface area (Å²) in [5.41, 5.74) is -0.867. The molecule has 0 saturated carbocycles. The molecular weight excluding hydrogens is 318 g/mol. The molecule has 0 radical (unpaired) electrons. The second-order valence-electron chi connectivity index (χ2n) is 6.79. The van der Waals surface area contributed by atoms with Crippen LogP contribution in [0.2, 0.25) is 0 Å². The van der Waals surface area contributed by atoms with Gasteiger partial charge < -0.3 is 27.7 Å². The molecule has 0 aromatic heterocycles. The van der Waals surface area contributed by atoms with Crippen LogP contribution in [0.4, 0.5) is 4.79 Å². The molecule has 0 aromatic carbocycles. The standard InChI is InChI=1S/C16H31N3O3.ClH/c1-5-7-9-18(10-8-6-2)11-13(20)12-19-14(21)16(3,4)17-15(19)22;/h13,20H,5-12H2,1-4H3,(H,17,22);1H. The van der Waals surface area contributed by atoms with Gasteiger partial charge in [0.25, 0.3) is 5.91 Å². The number of rotatable bonds is 10. The number of carbonyl (C=O) groups is 2. The van der Waals surface area contributed by atoms with E-state index in [-0.39, 0.29) is 24.9 Å². The van der Waals surface area contributed by atoms with Crippen LogP contribution in [-0.2, 0) is 4.79 Å². The number of carbonyl (C=O) groups excluding carboxylic acids is 2. The summed E-state index contributed by atoms with van der Waals surface area (Å²) in [7, 11) is 0. The average molecular weight is 350 g/mol. The quantitative estimate of drug-likeness (QED) is 0.372. The Morgan fingerprint density at radius 1 is 1.17 bits per heavy atom. The van der Waals surface area contributed by atoms with Crippen molar-refractivity contribution in [2.75, 3.05) is 26.2 Å². The minimum absolute atomic E-state index is 0. The predicted octanol–water partition coefficient (Wildman–Crippen LogP) is -2.83. The number of urea groups is 1. The van der Waals surface area contributed by atoms with Gasteiger partial charge in [-0.3, -0.25) is 9.69 Å². The maximum Gasteiger partial charge on any atom is 0.325 e. The van der Waals surface area contributed by atoms with E-state index in [1.54, 1.807) is 13.8 Å². The third-order valence-corrected chi connectivity index (χ3v) is 4.13. The maximum absolute atomic E-state index is 12.1. The molecule has 1 unspecified atom stereocenters. The molecule has 1 saturated heterocycles. The van der Waals surface area contributed by atoms with Gasteiger partial charge in [0.1, 0.15) is 18.2 Å². The zero-order chi connectivity index (χ0) is 16.8. The molecule has 1 rings (SSSR count). The van der Waals surface area contributed by atoms with Crippen molar-refractivity contribution in [2.24, 2.45) is 0 Å². The largest absolute Gasteiger partial charge is 1.00 e. The number of nitrogens with one attached hydrogen (secondary N) is 2. The molecule has 6 nitrogen and oxygen atoms in total. The van der Waals surface area contributed by atoms with Gasteiger partial charge in [0.2, 0.25) is 0 Å². The van der Waals surface area contributed by atoms with Crippen molar-refractivity contribution in [1.82, 2.24) is 10.2 Å². The lowest BCUT2D eigenvalue weighted by atomic mass is 10.1. The molecule has 3 N–H and O–H groups in total. The summed E-state index contributed by atoms with van der Waals surface area (Å²) >= 11 is 0. The van der Waals surface area contributed by atoms with E-state index in [1.165, 1.54) is 4.90 Å². The van der Waals surface area contributed by atoms with Gasteiger partial charge in [-0.1, -0.05) is 26.7 Å². The van der Waals surface area contributed by atoms with Crippen LogP contribution in [-0.4, -0.2) is 59.8 Å². The van der Waals surface area contributed by atoms with Crippen molar-refractivity contribution >= 4 is 11.9 Å². The molecule has 1 aliphatic rings. The van der Waals surface area contributed by atoms with Crippen molar-refractivity contribution in [3.8, 4) is 0 Å². The highest BCUT2D eigenvalue weighted by Gasteiger charge is 2.44. The van der Waals surface area contributed by atoms with Crippen LogP contribution in [0, 0.1) is 0 Å². The van der Waals surface area contributed by atoms with E-state index >= 15 is 0 Å². The number of aliphatic hydroxyl groups excluding tert-OH is 1. The molecule has 0 aromatic rings. The number of halogens is 1. The second-order valence-corrected chi connectivity index (χ2v) is 6.79. The number of nitrogens with zero attached hydrogens (tertiary/aromatic N) is 1. The van der Waals surface area contributed by atoms with E-state index in [1.807, 2.05) is 0 Å². The van der Waals surface area contributed by atoms with E-state index in [0.717, 1.165) is 43.7 Å². The number of β-amino-alcohol motifs (C(OH)–C–C–N with tert-alkyl or cyclic N) is 1. The topological polar surface area (TPSA) is 74.1 Å².